The Morgan fingerprint density at radius 2 is 1.84 bits per heavy atom. The molecular weight excluding hydrogens is 315 g/mol. The molecule has 0 saturated carbocycles. The number of hydrogen-bond acceptors (Lipinski definition) is 6. The van der Waals surface area contributed by atoms with Crippen molar-refractivity contribution >= 4 is 56.7 Å². The van der Waals surface area contributed by atoms with Gasteiger partial charge in [-0.25, -0.2) is 9.36 Å². The molecule has 0 fully saturated rings. The second-order valence-electron chi connectivity index (χ2n) is 3.12. The second-order valence-corrected chi connectivity index (χ2v) is 6.72. The molecule has 0 aromatic carbocycles. The molecule has 108 valence electrons. The van der Waals surface area contributed by atoms with E-state index in [2.05, 4.69) is 4.52 Å². The first-order chi connectivity index (χ1) is 7.94. The van der Waals surface area contributed by atoms with Gasteiger partial charge in [0.05, 0.1) is 6.16 Å². The van der Waals surface area contributed by atoms with Crippen LogP contribution in [0.3, 0.4) is 0 Å². The fourth-order valence-electron chi connectivity index (χ4n) is 0.722. The van der Waals surface area contributed by atoms with Gasteiger partial charge in [0.25, 0.3) is 0 Å². The molecule has 0 bridgehead atoms. The van der Waals surface area contributed by atoms with E-state index >= 15 is 0 Å². The summed E-state index contributed by atoms with van der Waals surface area (Å²) >= 11 is 0. The van der Waals surface area contributed by atoms with Gasteiger partial charge >= 0.3 is 50.7 Å². The Balaban J connectivity index is 0. The summed E-state index contributed by atoms with van der Waals surface area (Å²) in [4.78, 5) is 37.0. The third-order valence-electron chi connectivity index (χ3n) is 1.43. The van der Waals surface area contributed by atoms with Crippen molar-refractivity contribution in [2.45, 2.75) is 5.85 Å². The number of guanidine groups is 1. The van der Waals surface area contributed by atoms with Gasteiger partial charge in [-0.05, 0) is 0 Å². The molecule has 0 aliphatic rings. The zero-order valence-electron chi connectivity index (χ0n) is 8.89. The van der Waals surface area contributed by atoms with Gasteiger partial charge in [0.2, 0.25) is 0 Å². The summed E-state index contributed by atoms with van der Waals surface area (Å²) in [6.45, 7) is -0.706. The van der Waals surface area contributed by atoms with Crippen LogP contribution in [0, 0.1) is 5.41 Å². The number of rotatable bonds is 6. The number of carbonyl (C=O) groups is 1. The number of aliphatic hydroxyl groups excluding tert-OH is 1. The minimum absolute atomic E-state index is 0. The van der Waals surface area contributed by atoms with E-state index in [0.717, 1.165) is 0 Å². The summed E-state index contributed by atoms with van der Waals surface area (Å²) in [5, 5.41) is 17.7. The van der Waals surface area contributed by atoms with Crippen molar-refractivity contribution < 1.29 is 38.2 Å². The van der Waals surface area contributed by atoms with Crippen molar-refractivity contribution in [3.8, 4) is 0 Å². The number of nitrogens with one attached hydrogen (secondary N) is 2. The maximum atomic E-state index is 11.3. The number of aliphatic hydroxyl groups is 1. The zero-order valence-corrected chi connectivity index (χ0v) is 10.7. The molecule has 8 N–H and O–H groups in total. The molecular formula is C5H14N3NaO8P2. The first kappa shape index (κ1) is 21.3. The van der Waals surface area contributed by atoms with Gasteiger partial charge in [-0.3, -0.25) is 9.97 Å². The van der Waals surface area contributed by atoms with Crippen LogP contribution in [0.2, 0.25) is 0 Å². The molecule has 2 unspecified atom stereocenters. The van der Waals surface area contributed by atoms with Crippen LogP contribution in [0.5, 0.6) is 0 Å². The molecule has 0 saturated heterocycles. The van der Waals surface area contributed by atoms with Gasteiger partial charge < -0.3 is 35.4 Å². The molecule has 0 aromatic heterocycles. The van der Waals surface area contributed by atoms with Gasteiger partial charge in [-0.1, -0.05) is 0 Å². The predicted molar refractivity (Wildman–Crippen MR) is 65.9 cm³/mol. The summed E-state index contributed by atoms with van der Waals surface area (Å²) in [6, 6.07) is 0. The van der Waals surface area contributed by atoms with Crippen LogP contribution in [0.1, 0.15) is 0 Å². The Hall–Kier alpha value is 0.0400. The van der Waals surface area contributed by atoms with E-state index in [4.69, 9.17) is 30.9 Å². The Morgan fingerprint density at radius 3 is 2.21 bits per heavy atom. The van der Waals surface area contributed by atoms with Crippen molar-refractivity contribution in [2.75, 3.05) is 12.7 Å². The average Bonchev–Trinajstić information content (AvgIpc) is 2.11. The van der Waals surface area contributed by atoms with Crippen LogP contribution in [0.4, 0.5) is 0 Å². The fraction of sp³-hybridized carbons (Fsp3) is 0.600. The van der Waals surface area contributed by atoms with Crippen molar-refractivity contribution in [3.63, 3.8) is 0 Å². The van der Waals surface area contributed by atoms with Crippen LogP contribution in [-0.2, 0) is 18.4 Å². The van der Waals surface area contributed by atoms with E-state index < -0.39 is 45.7 Å². The van der Waals surface area contributed by atoms with Crippen molar-refractivity contribution in [1.82, 2.24) is 5.32 Å². The summed E-state index contributed by atoms with van der Waals surface area (Å²) in [7, 11) is -9.67. The summed E-state index contributed by atoms with van der Waals surface area (Å²) in [5.41, 5.74) is 4.83. The molecule has 2 atom stereocenters. The molecule has 11 nitrogen and oxygen atoms in total. The molecule has 0 aliphatic carbocycles. The Kier molecular flexibility index (Phi) is 9.38. The van der Waals surface area contributed by atoms with Crippen LogP contribution >= 0.6 is 15.2 Å². The van der Waals surface area contributed by atoms with Crippen LogP contribution in [0.15, 0.2) is 0 Å². The van der Waals surface area contributed by atoms with E-state index in [1.807, 2.05) is 5.32 Å². The minimum atomic E-state index is -4.93. The quantitative estimate of drug-likeness (QED) is 0.114. The van der Waals surface area contributed by atoms with E-state index in [1.165, 1.54) is 0 Å². The van der Waals surface area contributed by atoms with E-state index in [-0.39, 0.29) is 29.6 Å². The van der Waals surface area contributed by atoms with Crippen LogP contribution in [0.25, 0.3) is 0 Å². The standard InChI is InChI=1S/C5H13N3O8P2.Na.H/c6-5(7)8-1-3(9)16-18(14,15)4(10)2-17(11,12)13;;/h4,10H,1-2H2,(H,14,15)(H4,6,7,8)(H2,11,12,13);;. The van der Waals surface area contributed by atoms with Crippen LogP contribution < -0.4 is 11.1 Å². The Bertz CT molecular complexity index is 425. The van der Waals surface area contributed by atoms with Gasteiger partial charge in [-0.2, -0.15) is 0 Å². The maximum absolute atomic E-state index is 11.3. The first-order valence-electron chi connectivity index (χ1n) is 4.29. The molecule has 0 aliphatic heterocycles. The zero-order chi connectivity index (χ0) is 14.6. The van der Waals surface area contributed by atoms with Gasteiger partial charge in [0.15, 0.2) is 11.8 Å². The second kappa shape index (κ2) is 8.35. The molecule has 0 heterocycles. The average molecular weight is 329 g/mol. The monoisotopic (exact) mass is 329 g/mol. The van der Waals surface area contributed by atoms with E-state index in [0.29, 0.717) is 0 Å². The molecule has 14 heteroatoms. The number of nitrogens with two attached hydrogens (primary N) is 1. The SMILES string of the molecule is N=C(N)NCC(=O)OP(=O)(O)C(O)CP(=O)(O)O.[NaH]. The Labute approximate surface area is 130 Å². The van der Waals surface area contributed by atoms with Gasteiger partial charge in [0, 0.05) is 0 Å². The third kappa shape index (κ3) is 10.5. The molecule has 0 aromatic rings. The number of carbonyl (C=O) groups excluding carboxylic acids is 1. The topological polar surface area (TPSA) is 203 Å². The summed E-state index contributed by atoms with van der Waals surface area (Å²) in [6.07, 6.45) is -1.33. The predicted octanol–water partition coefficient (Wildman–Crippen LogP) is -2.95. The molecule has 0 rings (SSSR count). The fourth-order valence-corrected chi connectivity index (χ4v) is 3.09. The Morgan fingerprint density at radius 1 is 1.37 bits per heavy atom. The first-order valence-corrected chi connectivity index (χ1v) is 7.74. The molecule has 19 heavy (non-hydrogen) atoms. The number of hydrogen-bond donors (Lipinski definition) is 7. The normalized spacial score (nSPS) is 15.6. The van der Waals surface area contributed by atoms with Gasteiger partial charge in [0.1, 0.15) is 6.54 Å². The van der Waals surface area contributed by atoms with Gasteiger partial charge in [-0.15, -0.1) is 0 Å². The third-order valence-corrected chi connectivity index (χ3v) is 3.94. The van der Waals surface area contributed by atoms with Crippen molar-refractivity contribution in [2.24, 2.45) is 5.73 Å². The summed E-state index contributed by atoms with van der Waals surface area (Å²) < 4.78 is 25.7. The van der Waals surface area contributed by atoms with E-state index in [9.17, 15) is 13.9 Å². The van der Waals surface area contributed by atoms with Crippen molar-refractivity contribution in [1.29, 1.82) is 5.41 Å². The van der Waals surface area contributed by atoms with E-state index in [1.54, 1.807) is 0 Å². The molecule has 0 radical (unpaired) electrons. The summed E-state index contributed by atoms with van der Waals surface area (Å²) in [5.74, 6) is -4.31. The van der Waals surface area contributed by atoms with Crippen molar-refractivity contribution in [3.05, 3.63) is 0 Å². The molecule has 0 amide bonds. The molecule has 0 spiro atoms. The van der Waals surface area contributed by atoms with Crippen LogP contribution in [-0.4, -0.2) is 79.8 Å².